The summed E-state index contributed by atoms with van der Waals surface area (Å²) in [4.78, 5) is 0.142. The molecule has 1 aliphatic heterocycles. The summed E-state index contributed by atoms with van der Waals surface area (Å²) in [6, 6.07) is 2.94. The molecule has 0 aromatic heterocycles. The van der Waals surface area contributed by atoms with E-state index in [2.05, 4.69) is 0 Å². The Balaban J connectivity index is 2.37. The highest BCUT2D eigenvalue weighted by atomic mass is 35.5. The summed E-state index contributed by atoms with van der Waals surface area (Å²) in [7, 11) is -3.56. The van der Waals surface area contributed by atoms with Gasteiger partial charge in [-0.15, -0.1) is 0 Å². The molecule has 0 amide bonds. The van der Waals surface area contributed by atoms with E-state index in [0.717, 1.165) is 0 Å². The van der Waals surface area contributed by atoms with E-state index in [0.29, 0.717) is 29.4 Å². The number of halogens is 1. The summed E-state index contributed by atoms with van der Waals surface area (Å²) in [5, 5.41) is 9.22. The van der Waals surface area contributed by atoms with Gasteiger partial charge in [0.05, 0.1) is 4.90 Å². The zero-order valence-corrected chi connectivity index (χ0v) is 11.5. The Hall–Kier alpha value is -0.820. The second-order valence-corrected chi connectivity index (χ2v) is 6.83. The van der Waals surface area contributed by atoms with E-state index in [1.807, 2.05) is 0 Å². The molecular weight excluding hydrogens is 276 g/mol. The van der Waals surface area contributed by atoms with Gasteiger partial charge in [-0.05, 0) is 24.6 Å². The van der Waals surface area contributed by atoms with Crippen LogP contribution in [0.2, 0.25) is 5.02 Å². The van der Waals surface area contributed by atoms with Gasteiger partial charge in [-0.25, -0.2) is 8.42 Å². The Kier molecular flexibility index (Phi) is 3.55. The van der Waals surface area contributed by atoms with Crippen molar-refractivity contribution < 1.29 is 13.5 Å². The average Bonchev–Trinajstić information content (AvgIpc) is 2.21. The monoisotopic (exact) mass is 290 g/mol. The Bertz CT molecular complexity index is 568. The lowest BCUT2D eigenvalue weighted by atomic mass is 10.1. The van der Waals surface area contributed by atoms with Crippen LogP contribution in [0.5, 0.6) is 0 Å². The maximum absolute atomic E-state index is 12.3. The molecule has 1 fully saturated rings. The molecule has 0 bridgehead atoms. The van der Waals surface area contributed by atoms with Crippen LogP contribution in [0, 0.1) is 12.8 Å². The normalized spacial score (nSPS) is 17.7. The second kappa shape index (κ2) is 4.70. The summed E-state index contributed by atoms with van der Waals surface area (Å²) < 4.78 is 26.0. The number of benzene rings is 1. The minimum absolute atomic E-state index is 0.00267. The number of hydrogen-bond acceptors (Lipinski definition) is 4. The highest BCUT2D eigenvalue weighted by Crippen LogP contribution is 2.31. The molecule has 0 saturated carbocycles. The van der Waals surface area contributed by atoms with E-state index in [1.54, 1.807) is 6.92 Å². The number of sulfonamides is 1. The van der Waals surface area contributed by atoms with Crippen molar-refractivity contribution in [2.45, 2.75) is 11.8 Å². The van der Waals surface area contributed by atoms with Crippen molar-refractivity contribution in [1.29, 1.82) is 0 Å². The van der Waals surface area contributed by atoms with E-state index in [-0.39, 0.29) is 17.4 Å². The molecular formula is C11H15ClN2O3S. The van der Waals surface area contributed by atoms with E-state index in [1.165, 1.54) is 16.4 Å². The topological polar surface area (TPSA) is 83.6 Å². The number of nitrogens with two attached hydrogens (primary N) is 1. The first kappa shape index (κ1) is 13.6. The van der Waals surface area contributed by atoms with Gasteiger partial charge in [0.1, 0.15) is 0 Å². The predicted octanol–water partition coefficient (Wildman–Crippen LogP) is 0.843. The first-order valence-electron chi connectivity index (χ1n) is 5.53. The van der Waals surface area contributed by atoms with E-state index in [9.17, 15) is 8.42 Å². The average molecular weight is 291 g/mol. The van der Waals surface area contributed by atoms with Gasteiger partial charge < -0.3 is 10.8 Å². The molecule has 2 rings (SSSR count). The third-order valence-electron chi connectivity index (χ3n) is 3.16. The van der Waals surface area contributed by atoms with Crippen LogP contribution < -0.4 is 5.73 Å². The Labute approximate surface area is 111 Å². The quantitative estimate of drug-likeness (QED) is 0.808. The van der Waals surface area contributed by atoms with Crippen molar-refractivity contribution in [3.8, 4) is 0 Å². The summed E-state index contributed by atoms with van der Waals surface area (Å²) >= 11 is 5.85. The predicted molar refractivity (Wildman–Crippen MR) is 69.9 cm³/mol. The summed E-state index contributed by atoms with van der Waals surface area (Å²) in [6.07, 6.45) is 0. The molecule has 18 heavy (non-hydrogen) atoms. The molecule has 0 radical (unpaired) electrons. The van der Waals surface area contributed by atoms with Gasteiger partial charge in [-0.3, -0.25) is 0 Å². The molecule has 0 aliphatic carbocycles. The molecule has 7 heteroatoms. The van der Waals surface area contributed by atoms with Crippen LogP contribution in [0.25, 0.3) is 0 Å². The van der Waals surface area contributed by atoms with Crippen LogP contribution in [-0.2, 0) is 10.0 Å². The van der Waals surface area contributed by atoms with Gasteiger partial charge >= 0.3 is 0 Å². The minimum atomic E-state index is -3.56. The molecule has 1 aromatic carbocycles. The maximum atomic E-state index is 12.3. The van der Waals surface area contributed by atoms with Crippen LogP contribution in [0.4, 0.5) is 5.69 Å². The lowest BCUT2D eigenvalue weighted by molar-refractivity contribution is 0.117. The number of aliphatic hydroxyl groups is 1. The standard InChI is InChI=1S/C11H15ClN2O3S/c1-7-10(13)2-9(12)3-11(7)18(16,17)14-4-8(5-14)6-15/h2-3,8,15H,4-6,13H2,1H3. The van der Waals surface area contributed by atoms with Crippen LogP contribution >= 0.6 is 11.6 Å². The van der Waals surface area contributed by atoms with Crippen molar-refractivity contribution in [3.05, 3.63) is 22.7 Å². The Morgan fingerprint density at radius 3 is 2.67 bits per heavy atom. The van der Waals surface area contributed by atoms with Gasteiger partial charge in [0.15, 0.2) is 0 Å². The van der Waals surface area contributed by atoms with Crippen molar-refractivity contribution in [3.63, 3.8) is 0 Å². The van der Waals surface area contributed by atoms with Crippen molar-refractivity contribution >= 4 is 27.3 Å². The highest BCUT2D eigenvalue weighted by molar-refractivity contribution is 7.89. The Morgan fingerprint density at radius 2 is 2.11 bits per heavy atom. The van der Waals surface area contributed by atoms with Crippen molar-refractivity contribution in [2.24, 2.45) is 5.92 Å². The fourth-order valence-electron chi connectivity index (χ4n) is 1.92. The second-order valence-electron chi connectivity index (χ2n) is 4.49. The molecule has 5 nitrogen and oxygen atoms in total. The zero-order chi connectivity index (χ0) is 13.5. The largest absolute Gasteiger partial charge is 0.398 e. The van der Waals surface area contributed by atoms with Crippen LogP contribution in [0.1, 0.15) is 5.56 Å². The highest BCUT2D eigenvalue weighted by Gasteiger charge is 2.37. The molecule has 1 saturated heterocycles. The van der Waals surface area contributed by atoms with Gasteiger partial charge in [-0.2, -0.15) is 4.31 Å². The van der Waals surface area contributed by atoms with Crippen LogP contribution in [0.15, 0.2) is 17.0 Å². The van der Waals surface area contributed by atoms with Gasteiger partial charge in [0.25, 0.3) is 0 Å². The molecule has 3 N–H and O–H groups in total. The summed E-state index contributed by atoms with van der Waals surface area (Å²) in [5.74, 6) is 0.0246. The number of hydrogen-bond donors (Lipinski definition) is 2. The maximum Gasteiger partial charge on any atom is 0.243 e. The Morgan fingerprint density at radius 1 is 1.50 bits per heavy atom. The number of nitrogens with zero attached hydrogens (tertiary/aromatic N) is 1. The lowest BCUT2D eigenvalue weighted by Gasteiger charge is -2.37. The van der Waals surface area contributed by atoms with Crippen molar-refractivity contribution in [1.82, 2.24) is 4.31 Å². The number of aliphatic hydroxyl groups excluding tert-OH is 1. The minimum Gasteiger partial charge on any atom is -0.398 e. The SMILES string of the molecule is Cc1c(N)cc(Cl)cc1S(=O)(=O)N1CC(CO)C1. The molecule has 1 heterocycles. The van der Waals surface area contributed by atoms with Gasteiger partial charge in [-0.1, -0.05) is 11.6 Å². The van der Waals surface area contributed by atoms with Crippen molar-refractivity contribution in [2.75, 3.05) is 25.4 Å². The van der Waals surface area contributed by atoms with Crippen LogP contribution in [-0.4, -0.2) is 37.5 Å². The summed E-state index contributed by atoms with van der Waals surface area (Å²) in [5.41, 5.74) is 6.59. The molecule has 100 valence electrons. The van der Waals surface area contributed by atoms with E-state index < -0.39 is 10.0 Å². The molecule has 0 atom stereocenters. The third kappa shape index (κ3) is 2.21. The number of rotatable bonds is 3. The molecule has 1 aromatic rings. The van der Waals surface area contributed by atoms with Gasteiger partial charge in [0.2, 0.25) is 10.0 Å². The number of anilines is 1. The fraction of sp³-hybridized carbons (Fsp3) is 0.455. The summed E-state index contributed by atoms with van der Waals surface area (Å²) in [6.45, 7) is 2.33. The first-order valence-corrected chi connectivity index (χ1v) is 7.34. The molecule has 0 unspecified atom stereocenters. The smallest absolute Gasteiger partial charge is 0.243 e. The molecule has 0 spiro atoms. The first-order chi connectivity index (χ1) is 8.36. The zero-order valence-electron chi connectivity index (χ0n) is 9.93. The van der Waals surface area contributed by atoms with E-state index >= 15 is 0 Å². The number of nitrogen functional groups attached to an aromatic ring is 1. The fourth-order valence-corrected chi connectivity index (χ4v) is 4.08. The van der Waals surface area contributed by atoms with E-state index in [4.69, 9.17) is 22.4 Å². The third-order valence-corrected chi connectivity index (χ3v) is 5.34. The van der Waals surface area contributed by atoms with Crippen LogP contribution in [0.3, 0.4) is 0 Å². The van der Waals surface area contributed by atoms with Gasteiger partial charge in [0, 0.05) is 36.3 Å². The lowest BCUT2D eigenvalue weighted by Crippen LogP contribution is -2.51. The molecule has 1 aliphatic rings.